The van der Waals surface area contributed by atoms with Crippen LogP contribution in [-0.4, -0.2) is 16.9 Å². The van der Waals surface area contributed by atoms with Gasteiger partial charge in [0.15, 0.2) is 0 Å². The Balaban J connectivity index is 1.87. The zero-order chi connectivity index (χ0) is 16.8. The van der Waals surface area contributed by atoms with Crippen LogP contribution in [0.5, 0.6) is 0 Å². The van der Waals surface area contributed by atoms with E-state index in [1.165, 1.54) is 82.6 Å². The second-order valence-corrected chi connectivity index (χ2v) is 7.36. The van der Waals surface area contributed by atoms with E-state index in [1.807, 2.05) is 0 Å². The van der Waals surface area contributed by atoms with Gasteiger partial charge in [-0.1, -0.05) is 96.1 Å². The zero-order valence-electron chi connectivity index (χ0n) is 15.5. The van der Waals surface area contributed by atoms with Crippen molar-refractivity contribution in [1.82, 2.24) is 4.90 Å². The highest BCUT2D eigenvalue weighted by Gasteiger charge is 2.13. The number of alkyl halides is 1. The molecule has 0 N–H and O–H groups in total. The third kappa shape index (κ3) is 10.1. The van der Waals surface area contributed by atoms with Crippen LogP contribution in [-0.2, 0) is 0 Å². The van der Waals surface area contributed by atoms with Crippen LogP contribution in [0.25, 0.3) is 0 Å². The summed E-state index contributed by atoms with van der Waals surface area (Å²) in [5.74, 6) is 0. The maximum atomic E-state index is 6.40. The summed E-state index contributed by atoms with van der Waals surface area (Å²) in [4.78, 5) is 2.26. The molecule has 1 aliphatic heterocycles. The number of halogens is 1. The summed E-state index contributed by atoms with van der Waals surface area (Å²) in [5, 5.41) is 0. The lowest BCUT2D eigenvalue weighted by Gasteiger charge is -2.27. The molecule has 0 radical (unpaired) electrons. The van der Waals surface area contributed by atoms with E-state index in [-0.39, 0.29) is 5.50 Å². The Morgan fingerprint density at radius 2 is 1.35 bits per heavy atom. The monoisotopic (exact) mass is 339 g/mol. The van der Waals surface area contributed by atoms with Crippen LogP contribution in [0.2, 0.25) is 0 Å². The van der Waals surface area contributed by atoms with Crippen LogP contribution in [0.15, 0.2) is 23.9 Å². The van der Waals surface area contributed by atoms with Gasteiger partial charge in [0, 0.05) is 12.7 Å². The summed E-state index contributed by atoms with van der Waals surface area (Å²) >= 11 is 6.40. The van der Waals surface area contributed by atoms with E-state index in [4.69, 9.17) is 11.6 Å². The molecule has 1 heterocycles. The Labute approximate surface area is 150 Å². The fourth-order valence-corrected chi connectivity index (χ4v) is 3.50. The SMILES string of the molecule is CCCCCCCCCCCCCCN1C=CC(CC)=CC1Cl. The van der Waals surface area contributed by atoms with Gasteiger partial charge >= 0.3 is 0 Å². The molecule has 1 unspecified atom stereocenters. The summed E-state index contributed by atoms with van der Waals surface area (Å²) in [6, 6.07) is 0. The quantitative estimate of drug-likeness (QED) is 0.181. The first kappa shape index (κ1) is 20.6. The van der Waals surface area contributed by atoms with E-state index in [1.54, 1.807) is 0 Å². The van der Waals surface area contributed by atoms with Crippen molar-refractivity contribution >= 4 is 11.6 Å². The van der Waals surface area contributed by atoms with Crippen molar-refractivity contribution in [2.45, 2.75) is 103 Å². The average Bonchev–Trinajstić information content (AvgIpc) is 2.57. The lowest BCUT2D eigenvalue weighted by Crippen LogP contribution is -2.27. The summed E-state index contributed by atoms with van der Waals surface area (Å²) in [6.07, 6.45) is 24.5. The molecule has 1 nitrogen and oxygen atoms in total. The van der Waals surface area contributed by atoms with Gasteiger partial charge in [0.05, 0.1) is 0 Å². The van der Waals surface area contributed by atoms with Crippen LogP contribution >= 0.6 is 11.6 Å². The maximum Gasteiger partial charge on any atom is 0.123 e. The highest BCUT2D eigenvalue weighted by Crippen LogP contribution is 2.20. The Morgan fingerprint density at radius 3 is 1.83 bits per heavy atom. The van der Waals surface area contributed by atoms with Gasteiger partial charge < -0.3 is 4.90 Å². The number of hydrogen-bond acceptors (Lipinski definition) is 1. The number of nitrogens with zero attached hydrogens (tertiary/aromatic N) is 1. The molecule has 1 aliphatic rings. The van der Waals surface area contributed by atoms with Crippen LogP contribution in [0.4, 0.5) is 0 Å². The lowest BCUT2D eigenvalue weighted by atomic mass is 10.1. The first-order valence-corrected chi connectivity index (χ1v) is 10.5. The Hall–Kier alpha value is -0.430. The molecule has 0 aromatic rings. The first-order valence-electron chi connectivity index (χ1n) is 10.1. The van der Waals surface area contributed by atoms with E-state index in [2.05, 4.69) is 37.1 Å². The highest BCUT2D eigenvalue weighted by molar-refractivity contribution is 6.21. The molecule has 0 saturated carbocycles. The molecule has 134 valence electrons. The first-order chi connectivity index (χ1) is 11.3. The van der Waals surface area contributed by atoms with Crippen LogP contribution in [0, 0.1) is 0 Å². The molecule has 0 aromatic carbocycles. The van der Waals surface area contributed by atoms with Gasteiger partial charge in [0.2, 0.25) is 0 Å². The Bertz CT molecular complexity index is 335. The summed E-state index contributed by atoms with van der Waals surface area (Å²) in [5.41, 5.74) is 1.42. The zero-order valence-corrected chi connectivity index (χ0v) is 16.3. The molecule has 0 bridgehead atoms. The van der Waals surface area contributed by atoms with Crippen molar-refractivity contribution in [3.8, 4) is 0 Å². The molecule has 23 heavy (non-hydrogen) atoms. The summed E-state index contributed by atoms with van der Waals surface area (Å²) in [7, 11) is 0. The minimum absolute atomic E-state index is 0.0580. The van der Waals surface area contributed by atoms with E-state index in [0.29, 0.717) is 0 Å². The minimum Gasteiger partial charge on any atom is -0.358 e. The van der Waals surface area contributed by atoms with Gasteiger partial charge in [-0.2, -0.15) is 0 Å². The molecule has 0 amide bonds. The van der Waals surface area contributed by atoms with Crippen molar-refractivity contribution in [2.24, 2.45) is 0 Å². The molecular formula is C21H38ClN. The van der Waals surface area contributed by atoms with Gasteiger partial charge in [-0.3, -0.25) is 0 Å². The molecule has 1 atom stereocenters. The maximum absolute atomic E-state index is 6.40. The van der Waals surface area contributed by atoms with Gasteiger partial charge in [-0.25, -0.2) is 0 Å². The number of hydrogen-bond donors (Lipinski definition) is 0. The molecule has 0 fully saturated rings. The molecule has 0 aliphatic carbocycles. The van der Waals surface area contributed by atoms with Gasteiger partial charge in [-0.05, 0) is 30.6 Å². The van der Waals surface area contributed by atoms with Gasteiger partial charge in [0.25, 0.3) is 0 Å². The predicted octanol–water partition coefficient (Wildman–Crippen LogP) is 7.42. The predicted molar refractivity (Wildman–Crippen MR) is 105 cm³/mol. The van der Waals surface area contributed by atoms with Crippen LogP contribution in [0.3, 0.4) is 0 Å². The second kappa shape index (κ2) is 14.0. The molecule has 0 saturated heterocycles. The average molecular weight is 340 g/mol. The summed E-state index contributed by atoms with van der Waals surface area (Å²) in [6.45, 7) is 5.56. The lowest BCUT2D eigenvalue weighted by molar-refractivity contribution is 0.364. The topological polar surface area (TPSA) is 3.24 Å². The fourth-order valence-electron chi connectivity index (χ4n) is 3.17. The van der Waals surface area contributed by atoms with Crippen molar-refractivity contribution in [1.29, 1.82) is 0 Å². The van der Waals surface area contributed by atoms with E-state index >= 15 is 0 Å². The van der Waals surface area contributed by atoms with Crippen LogP contribution in [0.1, 0.15) is 97.3 Å². The molecule has 0 spiro atoms. The molecule has 2 heteroatoms. The Morgan fingerprint density at radius 1 is 0.826 bits per heavy atom. The number of rotatable bonds is 14. The molecular weight excluding hydrogens is 302 g/mol. The second-order valence-electron chi connectivity index (χ2n) is 6.91. The van der Waals surface area contributed by atoms with E-state index < -0.39 is 0 Å². The molecule has 0 aromatic heterocycles. The summed E-state index contributed by atoms with van der Waals surface area (Å²) < 4.78 is 0. The normalized spacial score (nSPS) is 17.6. The Kier molecular flexibility index (Phi) is 12.5. The highest BCUT2D eigenvalue weighted by atomic mass is 35.5. The van der Waals surface area contributed by atoms with Crippen molar-refractivity contribution < 1.29 is 0 Å². The molecule has 1 rings (SSSR count). The third-order valence-corrected chi connectivity index (χ3v) is 5.20. The van der Waals surface area contributed by atoms with Crippen molar-refractivity contribution in [3.05, 3.63) is 23.9 Å². The third-order valence-electron chi connectivity index (χ3n) is 4.83. The van der Waals surface area contributed by atoms with Gasteiger partial charge in [0.1, 0.15) is 5.50 Å². The smallest absolute Gasteiger partial charge is 0.123 e. The minimum atomic E-state index is 0.0580. The number of allylic oxidation sites excluding steroid dienone is 2. The van der Waals surface area contributed by atoms with Crippen molar-refractivity contribution in [3.63, 3.8) is 0 Å². The van der Waals surface area contributed by atoms with Crippen molar-refractivity contribution in [2.75, 3.05) is 6.54 Å². The van der Waals surface area contributed by atoms with Gasteiger partial charge in [-0.15, -0.1) is 0 Å². The fraction of sp³-hybridized carbons (Fsp3) is 0.810. The van der Waals surface area contributed by atoms with E-state index in [0.717, 1.165) is 13.0 Å². The number of unbranched alkanes of at least 4 members (excludes halogenated alkanes) is 11. The van der Waals surface area contributed by atoms with E-state index in [9.17, 15) is 0 Å². The van der Waals surface area contributed by atoms with Crippen LogP contribution < -0.4 is 0 Å². The standard InChI is InChI=1S/C21H38ClN/c1-3-5-6-7-8-9-10-11-12-13-14-15-17-23-18-16-20(4-2)19-21(23)22/h16,18-19,21H,3-15,17H2,1-2H3. The largest absolute Gasteiger partial charge is 0.358 e.